The first-order valence-corrected chi connectivity index (χ1v) is 8.20. The molecule has 1 N–H and O–H groups in total. The number of hydrogen-bond acceptors (Lipinski definition) is 8. The van der Waals surface area contributed by atoms with Crippen molar-refractivity contribution < 1.29 is 9.53 Å². The average molecular weight is 346 g/mol. The molecule has 126 valence electrons. The molecule has 0 aliphatic heterocycles. The second-order valence-electron chi connectivity index (χ2n) is 5.51. The lowest BCUT2D eigenvalue weighted by Crippen LogP contribution is -2.13. The zero-order valence-corrected chi connectivity index (χ0v) is 14.9. The molecule has 24 heavy (non-hydrogen) atoms. The summed E-state index contributed by atoms with van der Waals surface area (Å²) in [5.74, 6) is 1.74. The van der Waals surface area contributed by atoms with Gasteiger partial charge < -0.3 is 14.6 Å². The normalized spacial score (nSPS) is 12.4. The Balaban J connectivity index is 2.08. The third-order valence-electron chi connectivity index (χ3n) is 3.76. The van der Waals surface area contributed by atoms with Gasteiger partial charge >= 0.3 is 5.97 Å². The highest BCUT2D eigenvalue weighted by Crippen LogP contribution is 2.35. The van der Waals surface area contributed by atoms with Gasteiger partial charge in [-0.1, -0.05) is 0 Å². The maximum absolute atomic E-state index is 12.0. The van der Waals surface area contributed by atoms with Gasteiger partial charge in [0.1, 0.15) is 27.7 Å². The summed E-state index contributed by atoms with van der Waals surface area (Å²) < 4.78 is 6.70. The molecule has 1 unspecified atom stereocenters. The van der Waals surface area contributed by atoms with Crippen LogP contribution in [-0.2, 0) is 11.8 Å². The molecule has 0 radical (unpaired) electrons. The van der Waals surface area contributed by atoms with Crippen LogP contribution in [0.3, 0.4) is 0 Å². The van der Waals surface area contributed by atoms with E-state index in [0.29, 0.717) is 16.5 Å². The lowest BCUT2D eigenvalue weighted by Gasteiger charge is -2.15. The third-order valence-corrected chi connectivity index (χ3v) is 4.93. The second-order valence-corrected chi connectivity index (χ2v) is 6.51. The number of thiophene rings is 1. The highest BCUT2D eigenvalue weighted by atomic mass is 32.1. The molecule has 0 spiro atoms. The largest absolute Gasteiger partial charge is 0.465 e. The maximum Gasteiger partial charge on any atom is 0.348 e. The summed E-state index contributed by atoms with van der Waals surface area (Å²) in [5.41, 5.74) is 0.814. The van der Waals surface area contributed by atoms with Gasteiger partial charge in [-0.25, -0.2) is 14.8 Å². The van der Waals surface area contributed by atoms with Crippen molar-refractivity contribution in [3.63, 3.8) is 0 Å². The summed E-state index contributed by atoms with van der Waals surface area (Å²) in [6.07, 6.45) is 1.65. The number of ether oxygens (including phenoxy) is 1. The fourth-order valence-electron chi connectivity index (χ4n) is 2.59. The molecule has 0 fully saturated rings. The predicted molar refractivity (Wildman–Crippen MR) is 91.3 cm³/mol. The summed E-state index contributed by atoms with van der Waals surface area (Å²) in [6, 6.07) is -0.101. The molecule has 3 aromatic heterocycles. The maximum atomic E-state index is 12.0. The first kappa shape index (κ1) is 16.3. The lowest BCUT2D eigenvalue weighted by atomic mass is 10.2. The third kappa shape index (κ3) is 2.71. The molecule has 0 amide bonds. The Morgan fingerprint density at radius 3 is 2.75 bits per heavy atom. The van der Waals surface area contributed by atoms with Crippen molar-refractivity contribution in [1.82, 2.24) is 24.7 Å². The van der Waals surface area contributed by atoms with Crippen molar-refractivity contribution in [2.24, 2.45) is 7.05 Å². The number of anilines is 1. The number of fused-ring (bicyclic) bond motifs is 1. The van der Waals surface area contributed by atoms with Crippen LogP contribution in [0.25, 0.3) is 10.2 Å². The van der Waals surface area contributed by atoms with E-state index in [1.165, 1.54) is 18.4 Å². The van der Waals surface area contributed by atoms with Crippen LogP contribution in [0, 0.1) is 13.8 Å². The van der Waals surface area contributed by atoms with Crippen LogP contribution in [0.1, 0.15) is 39.8 Å². The van der Waals surface area contributed by atoms with Gasteiger partial charge in [0.05, 0.1) is 18.5 Å². The average Bonchev–Trinajstić information content (AvgIpc) is 3.10. The molecule has 0 saturated heterocycles. The van der Waals surface area contributed by atoms with Gasteiger partial charge in [-0.05, 0) is 26.3 Å². The van der Waals surface area contributed by atoms with Gasteiger partial charge in [0.15, 0.2) is 5.82 Å². The number of carbonyl (C=O) groups is 1. The topological polar surface area (TPSA) is 94.8 Å². The lowest BCUT2D eigenvalue weighted by molar-refractivity contribution is 0.0605. The summed E-state index contributed by atoms with van der Waals surface area (Å²) in [4.78, 5) is 22.2. The molecule has 0 saturated carbocycles. The zero-order valence-electron chi connectivity index (χ0n) is 14.1. The van der Waals surface area contributed by atoms with E-state index in [4.69, 9.17) is 4.74 Å². The zero-order chi connectivity index (χ0) is 17.4. The molecule has 0 aliphatic rings. The summed E-state index contributed by atoms with van der Waals surface area (Å²) >= 11 is 1.31. The molecule has 0 bridgehead atoms. The number of carbonyl (C=O) groups excluding carboxylic acids is 1. The quantitative estimate of drug-likeness (QED) is 0.725. The number of methoxy groups -OCH3 is 1. The smallest absolute Gasteiger partial charge is 0.348 e. The number of hydrogen-bond donors (Lipinski definition) is 1. The predicted octanol–water partition coefficient (Wildman–Crippen LogP) is 2.40. The van der Waals surface area contributed by atoms with E-state index < -0.39 is 0 Å². The van der Waals surface area contributed by atoms with E-state index in [0.717, 1.165) is 21.6 Å². The van der Waals surface area contributed by atoms with Crippen LogP contribution in [0.2, 0.25) is 0 Å². The van der Waals surface area contributed by atoms with Gasteiger partial charge in [-0.2, -0.15) is 0 Å². The van der Waals surface area contributed by atoms with Crippen molar-refractivity contribution in [1.29, 1.82) is 0 Å². The number of esters is 1. The van der Waals surface area contributed by atoms with Crippen LogP contribution in [0.15, 0.2) is 6.33 Å². The monoisotopic (exact) mass is 346 g/mol. The van der Waals surface area contributed by atoms with Crippen LogP contribution >= 0.6 is 11.3 Å². The van der Waals surface area contributed by atoms with Gasteiger partial charge in [0.2, 0.25) is 0 Å². The Hall–Kier alpha value is -2.55. The minimum absolute atomic E-state index is 0.101. The highest BCUT2D eigenvalue weighted by molar-refractivity contribution is 7.20. The second kappa shape index (κ2) is 6.16. The van der Waals surface area contributed by atoms with E-state index in [9.17, 15) is 4.79 Å². The minimum Gasteiger partial charge on any atom is -0.465 e. The standard InChI is InChI=1S/C15H18N6O2S/c1-7-10-12(17-8(2)13-20-16-6-21(13)4)18-9(3)19-14(10)24-11(7)15(22)23-5/h6,8H,1-5H3,(H,17,18,19). The molecule has 0 aromatic carbocycles. The Kier molecular flexibility index (Phi) is 4.18. The van der Waals surface area contributed by atoms with E-state index in [2.05, 4.69) is 25.5 Å². The van der Waals surface area contributed by atoms with E-state index >= 15 is 0 Å². The fourth-order valence-corrected chi connectivity index (χ4v) is 3.74. The van der Waals surface area contributed by atoms with Crippen LogP contribution < -0.4 is 5.32 Å². The molecule has 0 aliphatic carbocycles. The Labute approximate surface area is 142 Å². The molecule has 9 heteroatoms. The Morgan fingerprint density at radius 2 is 2.12 bits per heavy atom. The number of nitrogens with one attached hydrogen (secondary N) is 1. The summed E-state index contributed by atoms with van der Waals surface area (Å²) in [6.45, 7) is 5.68. The Bertz CT molecular complexity index is 916. The van der Waals surface area contributed by atoms with Crippen LogP contribution in [0.5, 0.6) is 0 Å². The van der Waals surface area contributed by atoms with E-state index in [1.54, 1.807) is 6.33 Å². The molecular formula is C15H18N6O2S. The number of rotatable bonds is 4. The van der Waals surface area contributed by atoms with Gasteiger partial charge in [-0.15, -0.1) is 21.5 Å². The van der Waals surface area contributed by atoms with E-state index in [1.807, 2.05) is 32.4 Å². The Morgan fingerprint density at radius 1 is 1.38 bits per heavy atom. The van der Waals surface area contributed by atoms with Gasteiger partial charge in [0, 0.05) is 7.05 Å². The van der Waals surface area contributed by atoms with Gasteiger partial charge in [0.25, 0.3) is 0 Å². The van der Waals surface area contributed by atoms with Crippen molar-refractivity contribution in [3.05, 3.63) is 28.4 Å². The van der Waals surface area contributed by atoms with Crippen molar-refractivity contribution in [3.8, 4) is 0 Å². The summed E-state index contributed by atoms with van der Waals surface area (Å²) in [7, 11) is 3.26. The molecular weight excluding hydrogens is 328 g/mol. The number of aryl methyl sites for hydroxylation is 3. The fraction of sp³-hybridized carbons (Fsp3) is 0.400. The summed E-state index contributed by atoms with van der Waals surface area (Å²) in [5, 5.41) is 12.2. The van der Waals surface area contributed by atoms with Crippen molar-refractivity contribution in [2.45, 2.75) is 26.8 Å². The first-order valence-electron chi connectivity index (χ1n) is 7.38. The number of nitrogens with zero attached hydrogens (tertiary/aromatic N) is 5. The highest BCUT2D eigenvalue weighted by Gasteiger charge is 2.22. The van der Waals surface area contributed by atoms with E-state index in [-0.39, 0.29) is 12.0 Å². The molecule has 3 heterocycles. The molecule has 1 atom stereocenters. The van der Waals surface area contributed by atoms with Gasteiger partial charge in [-0.3, -0.25) is 0 Å². The SMILES string of the molecule is COC(=O)c1sc2nc(C)nc(NC(C)c3nncn3C)c2c1C. The van der Waals surface area contributed by atoms with Crippen LogP contribution in [0.4, 0.5) is 5.82 Å². The first-order chi connectivity index (χ1) is 11.4. The number of aromatic nitrogens is 5. The minimum atomic E-state index is -0.361. The van der Waals surface area contributed by atoms with Crippen molar-refractivity contribution in [2.75, 3.05) is 12.4 Å². The van der Waals surface area contributed by atoms with Crippen molar-refractivity contribution >= 4 is 33.3 Å². The van der Waals surface area contributed by atoms with Crippen LogP contribution in [-0.4, -0.2) is 37.8 Å². The molecule has 3 aromatic rings. The molecule has 8 nitrogen and oxygen atoms in total. The molecule has 3 rings (SSSR count).